The Morgan fingerprint density at radius 1 is 1.38 bits per heavy atom. The van der Waals surface area contributed by atoms with E-state index in [1.165, 1.54) is 0 Å². The molecule has 0 aliphatic carbocycles. The third-order valence-electron chi connectivity index (χ3n) is 3.12. The van der Waals surface area contributed by atoms with Crippen molar-refractivity contribution in [3.05, 3.63) is 34.0 Å². The van der Waals surface area contributed by atoms with Gasteiger partial charge in [0.15, 0.2) is 5.65 Å². The zero-order valence-corrected chi connectivity index (χ0v) is 13.2. The fourth-order valence-corrected chi connectivity index (χ4v) is 2.99. The van der Waals surface area contributed by atoms with Crippen molar-refractivity contribution in [2.24, 2.45) is 0 Å². The highest BCUT2D eigenvalue weighted by atomic mass is 32.1. The molecule has 0 saturated carbocycles. The van der Waals surface area contributed by atoms with Crippen LogP contribution in [0.25, 0.3) is 11.0 Å². The second-order valence-corrected chi connectivity index (χ2v) is 6.21. The van der Waals surface area contributed by atoms with Gasteiger partial charge in [0.25, 0.3) is 0 Å². The van der Waals surface area contributed by atoms with Gasteiger partial charge in [-0.3, -0.25) is 5.10 Å². The summed E-state index contributed by atoms with van der Waals surface area (Å²) in [5.74, 6) is 0. The van der Waals surface area contributed by atoms with Gasteiger partial charge >= 0.3 is 0 Å². The average molecular weight is 302 g/mol. The van der Waals surface area contributed by atoms with Crippen LogP contribution in [0, 0.1) is 6.92 Å². The molecule has 0 aliphatic rings. The van der Waals surface area contributed by atoms with Crippen LogP contribution in [0.15, 0.2) is 17.6 Å². The number of thiazole rings is 1. The highest BCUT2D eigenvalue weighted by Crippen LogP contribution is 2.18. The van der Waals surface area contributed by atoms with Gasteiger partial charge in [0.1, 0.15) is 5.01 Å². The van der Waals surface area contributed by atoms with Gasteiger partial charge in [0.05, 0.1) is 24.1 Å². The summed E-state index contributed by atoms with van der Waals surface area (Å²) in [5, 5.41) is 14.7. The number of nitrogens with zero attached hydrogens (tertiary/aromatic N) is 4. The third-order valence-corrected chi connectivity index (χ3v) is 4.01. The molecule has 0 unspecified atom stereocenters. The summed E-state index contributed by atoms with van der Waals surface area (Å²) < 4.78 is 0. The molecule has 0 aromatic carbocycles. The molecular weight excluding hydrogens is 284 g/mol. The van der Waals surface area contributed by atoms with E-state index in [4.69, 9.17) is 0 Å². The number of hydrogen-bond donors (Lipinski definition) is 2. The molecule has 0 aliphatic heterocycles. The fourth-order valence-electron chi connectivity index (χ4n) is 2.08. The van der Waals surface area contributed by atoms with E-state index >= 15 is 0 Å². The lowest BCUT2D eigenvalue weighted by Crippen LogP contribution is -2.10. The average Bonchev–Trinajstić information content (AvgIpc) is 3.03. The number of aryl methyl sites for hydroxylation is 1. The number of H-pyrrole nitrogens is 1. The Morgan fingerprint density at radius 3 is 3.05 bits per heavy atom. The molecule has 0 bridgehead atoms. The minimum atomic E-state index is 0.702. The summed E-state index contributed by atoms with van der Waals surface area (Å²) in [5.41, 5.74) is 3.82. The minimum Gasteiger partial charge on any atom is -0.378 e. The molecule has 0 spiro atoms. The summed E-state index contributed by atoms with van der Waals surface area (Å²) in [7, 11) is 4.10. The molecule has 3 aromatic rings. The second-order valence-electron chi connectivity index (χ2n) is 5.27. The van der Waals surface area contributed by atoms with Crippen molar-refractivity contribution in [2.75, 3.05) is 19.4 Å². The second kappa shape index (κ2) is 5.79. The van der Waals surface area contributed by atoms with E-state index < -0.39 is 0 Å². The van der Waals surface area contributed by atoms with Crippen molar-refractivity contribution < 1.29 is 0 Å². The van der Waals surface area contributed by atoms with Gasteiger partial charge in [-0.2, -0.15) is 5.10 Å². The van der Waals surface area contributed by atoms with Gasteiger partial charge in [0.2, 0.25) is 0 Å². The van der Waals surface area contributed by atoms with Gasteiger partial charge in [0, 0.05) is 23.0 Å². The van der Waals surface area contributed by atoms with Crippen LogP contribution in [-0.2, 0) is 13.1 Å². The van der Waals surface area contributed by atoms with Crippen LogP contribution in [0.1, 0.15) is 16.4 Å². The molecular formula is C14H18N6S. The molecule has 0 saturated heterocycles. The van der Waals surface area contributed by atoms with Crippen molar-refractivity contribution in [3.63, 3.8) is 0 Å². The van der Waals surface area contributed by atoms with Crippen LogP contribution in [0.2, 0.25) is 0 Å². The molecule has 0 atom stereocenters. The number of aromatic amines is 1. The van der Waals surface area contributed by atoms with E-state index in [9.17, 15) is 0 Å². The van der Waals surface area contributed by atoms with Crippen molar-refractivity contribution in [2.45, 2.75) is 20.0 Å². The lowest BCUT2D eigenvalue weighted by molar-refractivity contribution is 0.401. The number of hydrogen-bond acceptors (Lipinski definition) is 6. The van der Waals surface area contributed by atoms with Crippen LogP contribution in [0.3, 0.4) is 0 Å². The SMILES string of the molecule is Cc1[nH]nc2ncc(NCc3csc(CN(C)C)n3)cc12. The van der Waals surface area contributed by atoms with E-state index in [0.717, 1.165) is 39.7 Å². The van der Waals surface area contributed by atoms with Gasteiger partial charge in [-0.25, -0.2) is 9.97 Å². The van der Waals surface area contributed by atoms with Crippen molar-refractivity contribution >= 4 is 28.1 Å². The number of pyridine rings is 1. The Morgan fingerprint density at radius 2 is 2.24 bits per heavy atom. The summed E-state index contributed by atoms with van der Waals surface area (Å²) in [6, 6.07) is 2.06. The lowest BCUT2D eigenvalue weighted by atomic mass is 10.2. The quantitative estimate of drug-likeness (QED) is 0.757. The van der Waals surface area contributed by atoms with Crippen molar-refractivity contribution in [1.82, 2.24) is 25.1 Å². The van der Waals surface area contributed by atoms with E-state index in [1.54, 1.807) is 17.5 Å². The molecule has 3 heterocycles. The summed E-state index contributed by atoms with van der Waals surface area (Å²) in [6.07, 6.45) is 1.80. The zero-order chi connectivity index (χ0) is 14.8. The molecule has 110 valence electrons. The monoisotopic (exact) mass is 302 g/mol. The first-order valence-electron chi connectivity index (χ1n) is 6.74. The zero-order valence-electron chi connectivity index (χ0n) is 12.3. The van der Waals surface area contributed by atoms with Crippen LogP contribution < -0.4 is 5.32 Å². The Kier molecular flexibility index (Phi) is 3.85. The van der Waals surface area contributed by atoms with E-state index in [0.29, 0.717) is 6.54 Å². The van der Waals surface area contributed by atoms with Gasteiger partial charge in [-0.15, -0.1) is 11.3 Å². The van der Waals surface area contributed by atoms with E-state index in [-0.39, 0.29) is 0 Å². The Hall–Kier alpha value is -1.99. The molecule has 0 radical (unpaired) electrons. The lowest BCUT2D eigenvalue weighted by Gasteiger charge is -2.06. The Bertz CT molecular complexity index is 745. The maximum atomic E-state index is 4.61. The van der Waals surface area contributed by atoms with Crippen molar-refractivity contribution in [1.29, 1.82) is 0 Å². The predicted octanol–water partition coefficient (Wildman–Crippen LogP) is 2.40. The summed E-state index contributed by atoms with van der Waals surface area (Å²) in [4.78, 5) is 11.1. The van der Waals surface area contributed by atoms with Gasteiger partial charge in [-0.05, 0) is 27.1 Å². The molecule has 0 amide bonds. The molecule has 0 fully saturated rings. The number of anilines is 1. The topological polar surface area (TPSA) is 69.7 Å². The Balaban J connectivity index is 1.68. The first-order chi connectivity index (χ1) is 10.1. The fraction of sp³-hybridized carbons (Fsp3) is 0.357. The normalized spacial score (nSPS) is 11.4. The van der Waals surface area contributed by atoms with Crippen LogP contribution in [0.5, 0.6) is 0 Å². The maximum Gasteiger partial charge on any atom is 0.181 e. The van der Waals surface area contributed by atoms with Crippen LogP contribution in [-0.4, -0.2) is 39.2 Å². The molecule has 7 heteroatoms. The van der Waals surface area contributed by atoms with Crippen LogP contribution >= 0.6 is 11.3 Å². The molecule has 21 heavy (non-hydrogen) atoms. The molecule has 2 N–H and O–H groups in total. The third kappa shape index (κ3) is 3.20. The van der Waals surface area contributed by atoms with E-state index in [1.807, 2.05) is 21.0 Å². The Labute approximate surface area is 127 Å². The largest absolute Gasteiger partial charge is 0.378 e. The number of fused-ring (bicyclic) bond motifs is 1. The smallest absolute Gasteiger partial charge is 0.181 e. The maximum absolute atomic E-state index is 4.61. The summed E-state index contributed by atoms with van der Waals surface area (Å²) >= 11 is 1.70. The standard InChI is InChI=1S/C14H18N6S/c1-9-12-4-10(5-16-14(12)19-18-9)15-6-11-8-21-13(17-11)7-20(2)3/h4-5,8,15H,6-7H2,1-3H3,(H,16,18,19). The van der Waals surface area contributed by atoms with Crippen molar-refractivity contribution in [3.8, 4) is 0 Å². The number of rotatable bonds is 5. The number of nitrogens with one attached hydrogen (secondary N) is 2. The highest BCUT2D eigenvalue weighted by Gasteiger charge is 2.06. The first-order valence-corrected chi connectivity index (χ1v) is 7.62. The highest BCUT2D eigenvalue weighted by molar-refractivity contribution is 7.09. The van der Waals surface area contributed by atoms with E-state index in [2.05, 4.69) is 41.8 Å². The summed E-state index contributed by atoms with van der Waals surface area (Å²) in [6.45, 7) is 3.58. The molecule has 3 rings (SSSR count). The van der Waals surface area contributed by atoms with Gasteiger partial charge in [-0.1, -0.05) is 0 Å². The van der Waals surface area contributed by atoms with Crippen LogP contribution in [0.4, 0.5) is 5.69 Å². The molecule has 6 nitrogen and oxygen atoms in total. The molecule has 3 aromatic heterocycles. The minimum absolute atomic E-state index is 0.702. The van der Waals surface area contributed by atoms with Gasteiger partial charge < -0.3 is 10.2 Å². The first kappa shape index (κ1) is 14.0. The predicted molar refractivity (Wildman–Crippen MR) is 85.5 cm³/mol. The number of aromatic nitrogens is 4.